The van der Waals surface area contributed by atoms with E-state index in [0.29, 0.717) is 31.4 Å². The molecule has 3 rings (SSSR count). The summed E-state index contributed by atoms with van der Waals surface area (Å²) in [5.74, 6) is -21.7. The number of allylic oxidation sites excluding steroid dienone is 2. The number of benzene rings is 1. The third kappa shape index (κ3) is 33.3. The third-order valence-electron chi connectivity index (χ3n) is 20.1. The molecule has 1 aromatic carbocycles. The van der Waals surface area contributed by atoms with Gasteiger partial charge in [0.15, 0.2) is 0 Å². The minimum Gasteiger partial charge on any atom is -0.481 e. The maximum absolute atomic E-state index is 15.2. The van der Waals surface area contributed by atoms with E-state index >= 15 is 4.79 Å². The first kappa shape index (κ1) is 99.0. The average molecular weight is 1640 g/mol. The zero-order valence-corrected chi connectivity index (χ0v) is 67.4. The number of unbranched alkanes of at least 4 members (excludes halogenated alkanes) is 1. The fraction of sp³-hybridized carbons (Fsp3) is 0.645. The molecule has 24 N–H and O–H groups in total. The van der Waals surface area contributed by atoms with Crippen LogP contribution in [0.1, 0.15) is 190 Å². The highest BCUT2D eigenvalue weighted by Crippen LogP contribution is 2.23. The molecule has 0 saturated carbocycles. The van der Waals surface area contributed by atoms with Gasteiger partial charge in [-0.05, 0) is 127 Å². The Morgan fingerprint density at radius 1 is 0.595 bits per heavy atom. The van der Waals surface area contributed by atoms with Crippen LogP contribution in [0.3, 0.4) is 0 Å². The predicted molar refractivity (Wildman–Crippen MR) is 417 cm³/mol. The number of carboxylic acid groups (broad SMARTS) is 2. The molecule has 0 aliphatic carbocycles. The van der Waals surface area contributed by atoms with Crippen molar-refractivity contribution in [2.24, 2.45) is 40.7 Å². The summed E-state index contributed by atoms with van der Waals surface area (Å²) in [7, 11) is 0. The Balaban J connectivity index is 2.09. The molecule has 2 heterocycles. The normalized spacial score (nSPS) is 21.7. The molecule has 17 amide bonds. The van der Waals surface area contributed by atoms with E-state index in [1.165, 1.54) is 25.7 Å². The molecule has 1 fully saturated rings. The second-order valence-corrected chi connectivity index (χ2v) is 30.3. The van der Waals surface area contributed by atoms with Crippen LogP contribution in [-0.2, 0) is 97.5 Å². The molecule has 40 nitrogen and oxygen atoms in total. The van der Waals surface area contributed by atoms with Crippen molar-refractivity contribution in [1.82, 2.24) is 74.0 Å². The van der Waals surface area contributed by atoms with Gasteiger partial charge >= 0.3 is 11.9 Å². The summed E-state index contributed by atoms with van der Waals surface area (Å²) in [5, 5.41) is 61.7. The summed E-state index contributed by atoms with van der Waals surface area (Å²) in [6, 6.07) is -9.14. The van der Waals surface area contributed by atoms with Gasteiger partial charge in [0.25, 0.3) is 0 Å². The summed E-state index contributed by atoms with van der Waals surface area (Å²) >= 11 is 0. The summed E-state index contributed by atoms with van der Waals surface area (Å²) in [6.07, 6.45) is 0.845. The maximum Gasteiger partial charge on any atom is 0.305 e. The average Bonchev–Trinajstić information content (AvgIpc) is 1.12. The van der Waals surface area contributed by atoms with Crippen molar-refractivity contribution in [2.45, 2.75) is 268 Å². The van der Waals surface area contributed by atoms with Crippen LogP contribution < -0.4 is 92.1 Å². The lowest BCUT2D eigenvalue weighted by Crippen LogP contribution is -2.65. The molecule has 0 unspecified atom stereocenters. The minimum atomic E-state index is -2.04. The minimum absolute atomic E-state index is 0.101. The molecular formula is C76H120N18O22. The topological polar surface area (TPSA) is 649 Å². The standard InChI is InChI=1S/C76H120N18O22/c1-10-42(5)60-71(113)91-61(43(6)11-2)72(114)93-76(9,31-21-15-13-12-14-20-30-75(8,73(115)89-52(37-56(79)98)69(111)90-60)92-57(99)39-81-63(105)53(40-95)87-70(112)54-27-23-33-94(54)44(7)96)74(116)88-51(36-55(78)97)68(110)85-49(34-41(3)4)66(108)86-50(35-45-24-17-16-18-25-45)67(109)82-46(26-19-22-32-77)64(106)83-47(28-29-58(100)101)65(107)84-48(62(80)104)38-59(102)103/h12-13,16-18,24-25,41-43,46-54,60-61,95H,10-11,14-15,19-23,26-40,77H2,1-9H3,(H2,78,97)(H2,79,98)(H2,80,104)(H,81,105)(H,82,109)(H,83,106)(H,84,107)(H,85,110)(H,86,108)(H,87,112)(H,88,116)(H,89,115)(H,90,111)(H,91,113)(H,92,99)(H,93,114)(H,100,101)(H,102,103)/b13-12-/t42-,43-,46-,47-,48-,49-,50-,51-,52-,53-,54-,60-,61-,75-,76-/m0/s1. The van der Waals surface area contributed by atoms with Gasteiger partial charge in [0.2, 0.25) is 100 Å². The molecule has 0 radical (unpaired) electrons. The lowest BCUT2D eigenvalue weighted by atomic mass is 9.90. The summed E-state index contributed by atoms with van der Waals surface area (Å²) < 4.78 is 0. The fourth-order valence-corrected chi connectivity index (χ4v) is 12.9. The Hall–Kier alpha value is -11.2. The van der Waals surface area contributed by atoms with Crippen molar-refractivity contribution in [2.75, 3.05) is 26.2 Å². The van der Waals surface area contributed by atoms with Crippen LogP contribution in [0.2, 0.25) is 0 Å². The number of hydrogen-bond donors (Lipinski definition) is 20. The first-order valence-electron chi connectivity index (χ1n) is 39.1. The van der Waals surface area contributed by atoms with E-state index in [1.807, 2.05) is 0 Å². The van der Waals surface area contributed by atoms with Gasteiger partial charge in [-0.2, -0.15) is 0 Å². The number of carbonyl (C=O) groups excluding carboxylic acids is 17. The molecule has 0 bridgehead atoms. The second-order valence-electron chi connectivity index (χ2n) is 30.3. The summed E-state index contributed by atoms with van der Waals surface area (Å²) in [5.41, 5.74) is 18.9. The van der Waals surface area contributed by atoms with Gasteiger partial charge in [0.1, 0.15) is 77.5 Å². The van der Waals surface area contributed by atoms with Gasteiger partial charge in [-0.3, -0.25) is 91.1 Å². The van der Waals surface area contributed by atoms with Gasteiger partial charge in [-0.15, -0.1) is 0 Å². The van der Waals surface area contributed by atoms with Gasteiger partial charge < -0.3 is 112 Å². The number of likely N-dealkylation sites (tertiary alicyclic amines) is 1. The zero-order valence-electron chi connectivity index (χ0n) is 67.4. The molecule has 116 heavy (non-hydrogen) atoms. The number of hydrogen-bond acceptors (Lipinski definition) is 21. The summed E-state index contributed by atoms with van der Waals surface area (Å²) in [4.78, 5) is 261. The molecule has 2 aliphatic heterocycles. The van der Waals surface area contributed by atoms with Crippen LogP contribution in [0.15, 0.2) is 42.5 Å². The quantitative estimate of drug-likeness (QED) is 0.0218. The van der Waals surface area contributed by atoms with Crippen LogP contribution in [0, 0.1) is 17.8 Å². The lowest BCUT2D eigenvalue weighted by molar-refractivity contribution is -0.141. The Morgan fingerprint density at radius 3 is 1.68 bits per heavy atom. The molecule has 0 aromatic heterocycles. The first-order chi connectivity index (χ1) is 54.5. The zero-order chi connectivity index (χ0) is 87.3. The van der Waals surface area contributed by atoms with Gasteiger partial charge in [0, 0.05) is 26.3 Å². The molecule has 646 valence electrons. The van der Waals surface area contributed by atoms with Crippen LogP contribution in [0.5, 0.6) is 0 Å². The molecule has 1 saturated heterocycles. The molecule has 0 spiro atoms. The molecule has 15 atom stereocenters. The van der Waals surface area contributed by atoms with E-state index in [1.54, 1.807) is 84.0 Å². The largest absolute Gasteiger partial charge is 0.481 e. The van der Waals surface area contributed by atoms with Crippen molar-refractivity contribution in [1.29, 1.82) is 0 Å². The van der Waals surface area contributed by atoms with E-state index < -0.39 is 247 Å². The van der Waals surface area contributed by atoms with E-state index in [2.05, 4.69) is 69.1 Å². The lowest BCUT2D eigenvalue weighted by Gasteiger charge is -2.35. The Bertz CT molecular complexity index is 3680. The second kappa shape index (κ2) is 48.9. The van der Waals surface area contributed by atoms with E-state index in [-0.39, 0.29) is 89.5 Å². The highest BCUT2D eigenvalue weighted by molar-refractivity contribution is 6.03. The van der Waals surface area contributed by atoms with Crippen molar-refractivity contribution in [3.05, 3.63) is 48.0 Å². The SMILES string of the molecule is CC[C@H](C)[C@@H]1NC(=O)[C@H](CC(N)=O)NC(=O)[C@@](C)(NC(=O)CNC(=O)[C@H](CO)NC(=O)[C@@H]2CCCN2C(C)=O)CCC/C=C\CCC[C@@](C)(C(=O)N[C@@H](CC(N)=O)C(=O)N[C@@H](CC(C)C)C(=O)N[C@@H](Cc2ccccc2)C(=O)N[C@@H](CCCCN)C(=O)N[C@@H](CCC(=O)O)C(=O)N[C@@H](CC(=O)O)C(N)=O)NC(=O)[C@H]([C@@H](C)CC)NC1=O. The third-order valence-corrected chi connectivity index (χ3v) is 20.1. The first-order valence-corrected chi connectivity index (χ1v) is 39.1. The summed E-state index contributed by atoms with van der Waals surface area (Å²) in [6.45, 7) is 12.6. The Kier molecular flexibility index (Phi) is 41.7. The van der Waals surface area contributed by atoms with Crippen LogP contribution in [0.4, 0.5) is 0 Å². The van der Waals surface area contributed by atoms with E-state index in [4.69, 9.17) is 22.9 Å². The number of rotatable bonds is 41. The number of nitrogens with zero attached hydrogens (tertiary/aromatic N) is 1. The number of nitrogens with two attached hydrogens (primary N) is 4. The Morgan fingerprint density at radius 2 is 1.14 bits per heavy atom. The molecule has 1 aromatic rings. The van der Waals surface area contributed by atoms with Crippen molar-refractivity contribution in [3.8, 4) is 0 Å². The van der Waals surface area contributed by atoms with Gasteiger partial charge in [-0.25, -0.2) is 0 Å². The number of aliphatic carboxylic acids is 2. The van der Waals surface area contributed by atoms with Crippen molar-refractivity contribution < 1.29 is 106 Å². The van der Waals surface area contributed by atoms with E-state index in [0.717, 1.165) is 0 Å². The van der Waals surface area contributed by atoms with Gasteiger partial charge in [-0.1, -0.05) is 96.9 Å². The predicted octanol–water partition coefficient (Wildman–Crippen LogP) is -4.30. The van der Waals surface area contributed by atoms with E-state index in [9.17, 15) is 102 Å². The van der Waals surface area contributed by atoms with Crippen LogP contribution in [-0.4, -0.2) is 236 Å². The monoisotopic (exact) mass is 1640 g/mol. The molecule has 40 heteroatoms. The number of amides is 17. The number of primary amides is 3. The number of carboxylic acids is 2. The molecule has 2 aliphatic rings. The van der Waals surface area contributed by atoms with Crippen LogP contribution in [0.25, 0.3) is 0 Å². The number of aliphatic hydroxyl groups is 1. The fourth-order valence-electron chi connectivity index (χ4n) is 12.9. The highest BCUT2D eigenvalue weighted by Gasteiger charge is 2.44. The maximum atomic E-state index is 15.2. The number of aliphatic hydroxyl groups excluding tert-OH is 1. The number of nitrogens with one attached hydrogen (secondary N) is 13. The smallest absolute Gasteiger partial charge is 0.305 e. The van der Waals surface area contributed by atoms with Gasteiger partial charge in [0.05, 0.1) is 32.4 Å². The highest BCUT2D eigenvalue weighted by atomic mass is 16.4. The number of carbonyl (C=O) groups is 19. The Labute approximate surface area is 673 Å². The molecular weight excluding hydrogens is 1520 g/mol. The van der Waals surface area contributed by atoms with Crippen molar-refractivity contribution in [3.63, 3.8) is 0 Å². The van der Waals surface area contributed by atoms with Crippen LogP contribution >= 0.6 is 0 Å². The van der Waals surface area contributed by atoms with Crippen molar-refractivity contribution >= 4 is 112 Å².